The molecular weight excluding hydrogens is 574 g/mol. The number of benzene rings is 2. The number of amides is 2. The van der Waals surface area contributed by atoms with E-state index in [2.05, 4.69) is 15.3 Å². The molecule has 1 fully saturated rings. The lowest BCUT2D eigenvalue weighted by molar-refractivity contribution is -0.132. The number of aromatic nitrogens is 4. The molecule has 2 aromatic heterocycles. The summed E-state index contributed by atoms with van der Waals surface area (Å²) < 4.78 is 17.8. The number of fused-ring (bicyclic) bond motifs is 1. The first-order valence-electron chi connectivity index (χ1n) is 13.8. The number of methoxy groups -OCH3 is 1. The van der Waals surface area contributed by atoms with Crippen LogP contribution in [0.25, 0.3) is 5.95 Å². The second-order valence-corrected chi connectivity index (χ2v) is 10.6. The molecule has 4 heterocycles. The lowest BCUT2D eigenvalue weighted by atomic mass is 10.1. The summed E-state index contributed by atoms with van der Waals surface area (Å²) in [5, 5.41) is 3.26. The van der Waals surface area contributed by atoms with E-state index >= 15 is 0 Å². The minimum absolute atomic E-state index is 0.0415. The zero-order valence-electron chi connectivity index (χ0n) is 23.5. The lowest BCUT2D eigenvalue weighted by Gasteiger charge is -2.42. The summed E-state index contributed by atoms with van der Waals surface area (Å²) >= 11 is 6.41. The number of nitrogens with zero attached hydrogens (tertiary/aromatic N) is 6. The largest absolute Gasteiger partial charge is 0.497 e. The SMILES string of the molecule is COc1cccc(CNC(=O)CC2CN(C(=O)Cc3ccc4c(c3)OCO4)CCN2c2cc(Cl)nc(-n3ccnc3)n2)c1. The van der Waals surface area contributed by atoms with Gasteiger partial charge in [0, 0.05) is 51.1 Å². The number of carbonyl (C=O) groups excluding carboxylic acids is 2. The molecule has 12 nitrogen and oxygen atoms in total. The fraction of sp³-hybridized carbons (Fsp3) is 0.300. The highest BCUT2D eigenvalue weighted by atomic mass is 35.5. The molecule has 222 valence electrons. The maximum atomic E-state index is 13.4. The van der Waals surface area contributed by atoms with E-state index in [1.54, 1.807) is 41.4 Å². The van der Waals surface area contributed by atoms with Gasteiger partial charge in [-0.05, 0) is 35.4 Å². The number of hydrogen-bond donors (Lipinski definition) is 1. The Balaban J connectivity index is 1.20. The highest BCUT2D eigenvalue weighted by Crippen LogP contribution is 2.33. The number of ether oxygens (including phenoxy) is 3. The molecule has 4 aromatic rings. The molecule has 1 saturated heterocycles. The third-order valence-corrected chi connectivity index (χ3v) is 7.57. The van der Waals surface area contributed by atoms with Crippen molar-refractivity contribution >= 4 is 29.2 Å². The molecule has 0 radical (unpaired) electrons. The van der Waals surface area contributed by atoms with Crippen LogP contribution in [-0.2, 0) is 22.6 Å². The van der Waals surface area contributed by atoms with Crippen molar-refractivity contribution in [3.63, 3.8) is 0 Å². The Morgan fingerprint density at radius 1 is 1.07 bits per heavy atom. The van der Waals surface area contributed by atoms with Gasteiger partial charge in [0.15, 0.2) is 11.5 Å². The molecule has 2 aliphatic heterocycles. The predicted molar refractivity (Wildman–Crippen MR) is 158 cm³/mol. The number of nitrogens with one attached hydrogen (secondary N) is 1. The van der Waals surface area contributed by atoms with Crippen LogP contribution in [-0.4, -0.2) is 75.8 Å². The average molecular weight is 604 g/mol. The topological polar surface area (TPSA) is 124 Å². The van der Waals surface area contributed by atoms with Crippen LogP contribution in [0.5, 0.6) is 17.2 Å². The monoisotopic (exact) mass is 603 g/mol. The number of hydrogen-bond acceptors (Lipinski definition) is 9. The Hall–Kier alpha value is -4.84. The van der Waals surface area contributed by atoms with E-state index in [-0.39, 0.29) is 42.6 Å². The van der Waals surface area contributed by atoms with Gasteiger partial charge in [0.05, 0.1) is 19.6 Å². The quantitative estimate of drug-likeness (QED) is 0.288. The molecule has 6 rings (SSSR count). The van der Waals surface area contributed by atoms with Gasteiger partial charge in [0.2, 0.25) is 24.6 Å². The van der Waals surface area contributed by atoms with Crippen molar-refractivity contribution in [2.75, 3.05) is 38.4 Å². The van der Waals surface area contributed by atoms with Crippen molar-refractivity contribution in [1.29, 1.82) is 0 Å². The first-order valence-corrected chi connectivity index (χ1v) is 14.2. The molecule has 0 aliphatic carbocycles. The Labute approximate surface area is 253 Å². The molecule has 43 heavy (non-hydrogen) atoms. The van der Waals surface area contributed by atoms with Crippen LogP contribution in [0.15, 0.2) is 67.3 Å². The van der Waals surface area contributed by atoms with Crippen molar-refractivity contribution in [3.8, 4) is 23.2 Å². The van der Waals surface area contributed by atoms with Crippen molar-refractivity contribution in [2.45, 2.75) is 25.4 Å². The van der Waals surface area contributed by atoms with E-state index in [9.17, 15) is 9.59 Å². The van der Waals surface area contributed by atoms with Crippen molar-refractivity contribution in [1.82, 2.24) is 29.7 Å². The van der Waals surface area contributed by atoms with Gasteiger partial charge in [-0.3, -0.25) is 14.2 Å². The van der Waals surface area contributed by atoms with Crippen LogP contribution >= 0.6 is 11.6 Å². The van der Waals surface area contributed by atoms with Gasteiger partial charge in [-0.25, -0.2) is 9.97 Å². The summed E-state index contributed by atoms with van der Waals surface area (Å²) in [6, 6.07) is 14.4. The summed E-state index contributed by atoms with van der Waals surface area (Å²) in [5.41, 5.74) is 1.75. The van der Waals surface area contributed by atoms with E-state index in [1.165, 1.54) is 0 Å². The molecule has 1 atom stereocenters. The van der Waals surface area contributed by atoms with Gasteiger partial charge in [-0.1, -0.05) is 29.8 Å². The zero-order valence-corrected chi connectivity index (χ0v) is 24.2. The molecule has 2 aromatic carbocycles. The molecule has 0 spiro atoms. The third-order valence-electron chi connectivity index (χ3n) is 7.37. The van der Waals surface area contributed by atoms with E-state index < -0.39 is 0 Å². The molecule has 2 aliphatic rings. The van der Waals surface area contributed by atoms with Crippen LogP contribution in [0.4, 0.5) is 5.82 Å². The van der Waals surface area contributed by atoms with Gasteiger partial charge in [-0.15, -0.1) is 0 Å². The summed E-state index contributed by atoms with van der Waals surface area (Å²) in [4.78, 5) is 43.6. The number of anilines is 1. The maximum absolute atomic E-state index is 13.4. The van der Waals surface area contributed by atoms with E-state index in [0.717, 1.165) is 16.9 Å². The molecule has 2 amide bonds. The van der Waals surface area contributed by atoms with E-state index in [4.69, 9.17) is 30.8 Å². The van der Waals surface area contributed by atoms with Gasteiger partial charge in [0.1, 0.15) is 23.0 Å². The lowest BCUT2D eigenvalue weighted by Crippen LogP contribution is -2.56. The molecule has 13 heteroatoms. The standard InChI is InChI=1S/C30H30ClN7O5/c1-41-23-4-2-3-21(11-23)16-33-28(39)14-22-17-36(29(40)13-20-5-6-24-25(12-20)43-19-42-24)9-10-38(22)27-15-26(31)34-30(35-27)37-8-7-32-18-37/h2-8,11-12,15,18,22H,9-10,13-14,16-17,19H2,1H3,(H,33,39). The number of halogens is 1. The first kappa shape index (κ1) is 28.3. The van der Waals surface area contributed by atoms with Gasteiger partial charge >= 0.3 is 0 Å². The summed E-state index contributed by atoms with van der Waals surface area (Å²) in [5.74, 6) is 2.76. The third kappa shape index (κ3) is 6.64. The molecule has 1 unspecified atom stereocenters. The Kier molecular flexibility index (Phi) is 8.27. The zero-order chi connectivity index (χ0) is 29.8. The maximum Gasteiger partial charge on any atom is 0.238 e. The van der Waals surface area contributed by atoms with Crippen LogP contribution in [0, 0.1) is 0 Å². The fourth-order valence-corrected chi connectivity index (χ4v) is 5.37. The molecular formula is C30H30ClN7O5. The Morgan fingerprint density at radius 2 is 1.95 bits per heavy atom. The number of carbonyl (C=O) groups is 2. The minimum atomic E-state index is -0.360. The predicted octanol–water partition coefficient (Wildman–Crippen LogP) is 3.02. The highest BCUT2D eigenvalue weighted by Gasteiger charge is 2.32. The summed E-state index contributed by atoms with van der Waals surface area (Å²) in [7, 11) is 1.60. The van der Waals surface area contributed by atoms with Crippen molar-refractivity contribution < 1.29 is 23.8 Å². The minimum Gasteiger partial charge on any atom is -0.497 e. The Morgan fingerprint density at radius 3 is 2.79 bits per heavy atom. The molecule has 1 N–H and O–H groups in total. The van der Waals surface area contributed by atoms with Gasteiger partial charge < -0.3 is 29.3 Å². The van der Waals surface area contributed by atoms with Gasteiger partial charge in [-0.2, -0.15) is 4.98 Å². The number of rotatable bonds is 9. The number of imidazole rings is 1. The normalized spacial score (nSPS) is 15.8. The summed E-state index contributed by atoms with van der Waals surface area (Å²) in [6.45, 7) is 1.76. The summed E-state index contributed by atoms with van der Waals surface area (Å²) in [6.07, 6.45) is 5.29. The highest BCUT2D eigenvalue weighted by molar-refractivity contribution is 6.29. The average Bonchev–Trinajstić information content (AvgIpc) is 3.72. The number of piperazine rings is 1. The van der Waals surface area contributed by atoms with E-state index in [1.807, 2.05) is 47.4 Å². The van der Waals surface area contributed by atoms with Crippen LogP contribution in [0.3, 0.4) is 0 Å². The van der Waals surface area contributed by atoms with Crippen LogP contribution in [0.1, 0.15) is 17.5 Å². The van der Waals surface area contributed by atoms with Crippen molar-refractivity contribution in [2.24, 2.45) is 0 Å². The Bertz CT molecular complexity index is 1620. The fourth-order valence-electron chi connectivity index (χ4n) is 5.20. The van der Waals surface area contributed by atoms with Crippen molar-refractivity contribution in [3.05, 3.63) is 83.5 Å². The first-order chi connectivity index (χ1) is 20.9. The second-order valence-electron chi connectivity index (χ2n) is 10.2. The second kappa shape index (κ2) is 12.6. The van der Waals surface area contributed by atoms with E-state index in [0.29, 0.717) is 49.4 Å². The smallest absolute Gasteiger partial charge is 0.238 e. The van der Waals surface area contributed by atoms with Crippen LogP contribution in [0.2, 0.25) is 5.15 Å². The van der Waals surface area contributed by atoms with Crippen LogP contribution < -0.4 is 24.4 Å². The molecule has 0 saturated carbocycles. The molecule has 0 bridgehead atoms. The van der Waals surface area contributed by atoms with Gasteiger partial charge in [0.25, 0.3) is 0 Å².